The molecule has 0 heterocycles. The van der Waals surface area contributed by atoms with Crippen molar-refractivity contribution in [2.75, 3.05) is 24.6 Å². The van der Waals surface area contributed by atoms with Gasteiger partial charge in [0.2, 0.25) is 6.41 Å². The molecule has 0 fully saturated rings. The summed E-state index contributed by atoms with van der Waals surface area (Å²) in [7, 11) is 0. The standard InChI is InChI=1S/C14H22N2O4S.C4H10/c1-10(2)12(4)14(20)16(9-17)6-5-15-11(3)7-21-8-13(18)19;1-3-4-2/h9,15H,3,5-8H2,1-2,4H3,(H,18,19);3-4H2,1-2H3. The third kappa shape index (κ3) is 14.3. The molecule has 0 aromatic rings. The van der Waals surface area contributed by atoms with Gasteiger partial charge in [0.15, 0.2) is 0 Å². The van der Waals surface area contributed by atoms with Gasteiger partial charge in [-0.15, -0.1) is 11.8 Å². The molecule has 0 aromatic heterocycles. The Kier molecular flexibility index (Phi) is 16.1. The number of amides is 2. The molecule has 0 aliphatic carbocycles. The van der Waals surface area contributed by atoms with Crippen LogP contribution in [0.25, 0.3) is 0 Å². The summed E-state index contributed by atoms with van der Waals surface area (Å²) in [5.74, 6) is -0.700. The number of carbonyl (C=O) groups excluding carboxylic acids is 2. The van der Waals surface area contributed by atoms with Crippen LogP contribution in [0.1, 0.15) is 47.5 Å². The fourth-order valence-electron chi connectivity index (χ4n) is 1.30. The quantitative estimate of drug-likeness (QED) is 0.428. The van der Waals surface area contributed by atoms with E-state index in [0.29, 0.717) is 30.0 Å². The Hall–Kier alpha value is -1.76. The molecule has 0 bridgehead atoms. The van der Waals surface area contributed by atoms with E-state index in [0.717, 1.165) is 10.5 Å². The molecular weight excluding hydrogens is 340 g/mol. The Morgan fingerprint density at radius 3 is 2.12 bits per heavy atom. The lowest BCUT2D eigenvalue weighted by Gasteiger charge is -2.18. The van der Waals surface area contributed by atoms with Gasteiger partial charge in [-0.1, -0.05) is 38.8 Å². The molecule has 0 saturated heterocycles. The van der Waals surface area contributed by atoms with E-state index in [2.05, 4.69) is 25.7 Å². The highest BCUT2D eigenvalue weighted by Crippen LogP contribution is 2.06. The molecule has 0 aliphatic rings. The number of carbonyl (C=O) groups is 3. The van der Waals surface area contributed by atoms with Crippen molar-refractivity contribution < 1.29 is 19.5 Å². The molecule has 7 heteroatoms. The van der Waals surface area contributed by atoms with Gasteiger partial charge in [-0.25, -0.2) is 0 Å². The maximum atomic E-state index is 12.0. The van der Waals surface area contributed by atoms with Crippen molar-refractivity contribution in [1.82, 2.24) is 10.2 Å². The van der Waals surface area contributed by atoms with Crippen LogP contribution in [0.2, 0.25) is 0 Å². The second-order valence-corrected chi connectivity index (χ2v) is 6.63. The van der Waals surface area contributed by atoms with Gasteiger partial charge in [-0.2, -0.15) is 0 Å². The summed E-state index contributed by atoms with van der Waals surface area (Å²) in [6.45, 7) is 14.0. The van der Waals surface area contributed by atoms with Gasteiger partial charge in [0.05, 0.1) is 5.75 Å². The van der Waals surface area contributed by atoms with Crippen LogP contribution in [-0.2, 0) is 14.4 Å². The van der Waals surface area contributed by atoms with Crippen molar-refractivity contribution in [2.24, 2.45) is 0 Å². The zero-order valence-electron chi connectivity index (χ0n) is 16.1. The number of unbranched alkanes of at least 4 members (excludes halogenated alkanes) is 1. The molecule has 0 spiro atoms. The van der Waals surface area contributed by atoms with Crippen molar-refractivity contribution in [1.29, 1.82) is 0 Å². The molecule has 0 aliphatic heterocycles. The molecule has 0 aromatic carbocycles. The van der Waals surface area contributed by atoms with Crippen LogP contribution in [0, 0.1) is 0 Å². The van der Waals surface area contributed by atoms with Crippen LogP contribution in [0.3, 0.4) is 0 Å². The monoisotopic (exact) mass is 372 g/mol. The molecule has 0 atom stereocenters. The van der Waals surface area contributed by atoms with Crippen molar-refractivity contribution in [3.63, 3.8) is 0 Å². The van der Waals surface area contributed by atoms with Gasteiger partial charge in [0, 0.05) is 30.1 Å². The third-order valence-electron chi connectivity index (χ3n) is 3.19. The average Bonchev–Trinajstić information content (AvgIpc) is 2.57. The minimum Gasteiger partial charge on any atom is -0.481 e. The molecule has 25 heavy (non-hydrogen) atoms. The largest absolute Gasteiger partial charge is 0.481 e. The summed E-state index contributed by atoms with van der Waals surface area (Å²) in [4.78, 5) is 34.4. The van der Waals surface area contributed by atoms with E-state index in [1.54, 1.807) is 6.92 Å². The van der Waals surface area contributed by atoms with E-state index < -0.39 is 5.97 Å². The number of allylic oxidation sites excluding steroid dienone is 1. The summed E-state index contributed by atoms with van der Waals surface area (Å²) in [6.07, 6.45) is 3.15. The highest BCUT2D eigenvalue weighted by Gasteiger charge is 2.14. The minimum atomic E-state index is -0.872. The highest BCUT2D eigenvalue weighted by molar-refractivity contribution is 8.00. The zero-order valence-corrected chi connectivity index (χ0v) is 16.9. The number of thioether (sulfide) groups is 1. The number of hydrogen-bond acceptors (Lipinski definition) is 5. The molecule has 0 saturated carbocycles. The third-order valence-corrected chi connectivity index (χ3v) is 4.19. The van der Waals surface area contributed by atoms with E-state index in [4.69, 9.17) is 5.11 Å². The lowest BCUT2D eigenvalue weighted by molar-refractivity contribution is -0.135. The van der Waals surface area contributed by atoms with E-state index in [-0.39, 0.29) is 18.2 Å². The smallest absolute Gasteiger partial charge is 0.313 e. The van der Waals surface area contributed by atoms with Crippen molar-refractivity contribution in [2.45, 2.75) is 47.5 Å². The van der Waals surface area contributed by atoms with Crippen LogP contribution >= 0.6 is 11.8 Å². The number of nitrogens with one attached hydrogen (secondary N) is 1. The summed E-state index contributed by atoms with van der Waals surface area (Å²) < 4.78 is 0. The Morgan fingerprint density at radius 2 is 1.72 bits per heavy atom. The number of imide groups is 1. The Balaban J connectivity index is 0. The summed E-state index contributed by atoms with van der Waals surface area (Å²) >= 11 is 1.23. The molecule has 6 nitrogen and oxygen atoms in total. The lowest BCUT2D eigenvalue weighted by Crippen LogP contribution is -2.36. The SMILES string of the molecule is C=C(CSCC(=O)O)NCCN(C=O)C(=O)C(C)=C(C)C.CCCC. The minimum absolute atomic E-state index is 0.0133. The first kappa shape index (κ1) is 25.5. The van der Waals surface area contributed by atoms with Crippen molar-refractivity contribution in [3.8, 4) is 0 Å². The Morgan fingerprint density at radius 1 is 1.16 bits per heavy atom. The second kappa shape index (κ2) is 15.7. The fourth-order valence-corrected chi connectivity index (χ4v) is 1.92. The van der Waals surface area contributed by atoms with Gasteiger partial charge < -0.3 is 10.4 Å². The molecule has 0 rings (SSSR count). The van der Waals surface area contributed by atoms with Crippen LogP contribution in [-0.4, -0.2) is 52.9 Å². The van der Waals surface area contributed by atoms with Crippen LogP contribution < -0.4 is 5.32 Å². The number of nitrogens with zero attached hydrogens (tertiary/aromatic N) is 1. The van der Waals surface area contributed by atoms with Crippen LogP contribution in [0.15, 0.2) is 23.4 Å². The van der Waals surface area contributed by atoms with Gasteiger partial charge in [-0.05, 0) is 20.8 Å². The number of rotatable bonds is 11. The van der Waals surface area contributed by atoms with E-state index in [1.807, 2.05) is 13.8 Å². The van der Waals surface area contributed by atoms with Crippen molar-refractivity contribution in [3.05, 3.63) is 23.4 Å². The number of carboxylic acid groups (broad SMARTS) is 1. The zero-order chi connectivity index (χ0) is 19.8. The number of aliphatic carboxylic acids is 1. The predicted octanol–water partition coefficient (Wildman–Crippen LogP) is 3.06. The maximum Gasteiger partial charge on any atom is 0.313 e. The van der Waals surface area contributed by atoms with Crippen molar-refractivity contribution >= 4 is 30.0 Å². The van der Waals surface area contributed by atoms with Gasteiger partial charge in [0.25, 0.3) is 5.91 Å². The lowest BCUT2D eigenvalue weighted by atomic mass is 10.1. The first-order valence-electron chi connectivity index (χ1n) is 8.32. The van der Waals surface area contributed by atoms with E-state index >= 15 is 0 Å². The Labute approximate surface area is 155 Å². The van der Waals surface area contributed by atoms with Gasteiger partial charge in [0.1, 0.15) is 0 Å². The summed E-state index contributed by atoms with van der Waals surface area (Å²) in [6, 6.07) is 0. The molecule has 0 radical (unpaired) electrons. The summed E-state index contributed by atoms with van der Waals surface area (Å²) in [5.41, 5.74) is 2.09. The summed E-state index contributed by atoms with van der Waals surface area (Å²) in [5, 5.41) is 11.5. The van der Waals surface area contributed by atoms with E-state index in [9.17, 15) is 14.4 Å². The molecule has 2 amide bonds. The van der Waals surface area contributed by atoms with Gasteiger partial charge >= 0.3 is 5.97 Å². The van der Waals surface area contributed by atoms with Crippen LogP contribution in [0.5, 0.6) is 0 Å². The number of carboxylic acids is 1. The topological polar surface area (TPSA) is 86.7 Å². The first-order chi connectivity index (χ1) is 11.7. The number of hydrogen-bond donors (Lipinski definition) is 2. The molecule has 2 N–H and O–H groups in total. The molecular formula is C18H32N2O4S. The fraction of sp³-hybridized carbons (Fsp3) is 0.611. The van der Waals surface area contributed by atoms with E-state index in [1.165, 1.54) is 24.6 Å². The van der Waals surface area contributed by atoms with Crippen LogP contribution in [0.4, 0.5) is 0 Å². The predicted molar refractivity (Wildman–Crippen MR) is 105 cm³/mol. The molecule has 144 valence electrons. The highest BCUT2D eigenvalue weighted by atomic mass is 32.2. The molecule has 0 unspecified atom stereocenters. The second-order valence-electron chi connectivity index (χ2n) is 5.65. The van der Waals surface area contributed by atoms with Gasteiger partial charge in [-0.3, -0.25) is 19.3 Å². The normalized spacial score (nSPS) is 9.32. The Bertz CT molecular complexity index is 470. The maximum absolute atomic E-state index is 12.0. The average molecular weight is 373 g/mol. The first-order valence-corrected chi connectivity index (χ1v) is 9.48.